The predicted octanol–water partition coefficient (Wildman–Crippen LogP) is 2.65. The molecule has 1 atom stereocenters. The molecule has 78 valence electrons. The molecule has 0 amide bonds. The standard InChI is InChI=1S/C12H20OSi/c1-5-14(13,12(2,3)4)11-9-7-6-8-10-11/h6-10,13H,5H2,1-4H3. The summed E-state index contributed by atoms with van der Waals surface area (Å²) in [5.41, 5.74) is 0. The van der Waals surface area contributed by atoms with Gasteiger partial charge in [0.25, 0.3) is 0 Å². The summed E-state index contributed by atoms with van der Waals surface area (Å²) in [5, 5.41) is 1.15. The zero-order valence-electron chi connectivity index (χ0n) is 9.54. The molecule has 14 heavy (non-hydrogen) atoms. The Balaban J connectivity index is 3.15. The maximum absolute atomic E-state index is 10.8. The van der Waals surface area contributed by atoms with Gasteiger partial charge in [-0.2, -0.15) is 0 Å². The lowest BCUT2D eigenvalue weighted by Crippen LogP contribution is -2.54. The van der Waals surface area contributed by atoms with Gasteiger partial charge in [0, 0.05) is 0 Å². The van der Waals surface area contributed by atoms with Crippen molar-refractivity contribution in [2.24, 2.45) is 0 Å². The largest absolute Gasteiger partial charge is 0.427 e. The Morgan fingerprint density at radius 3 is 2.00 bits per heavy atom. The van der Waals surface area contributed by atoms with Crippen molar-refractivity contribution in [3.63, 3.8) is 0 Å². The van der Waals surface area contributed by atoms with Gasteiger partial charge < -0.3 is 4.80 Å². The summed E-state index contributed by atoms with van der Waals surface area (Å²) in [5.74, 6) is 0. The number of hydrogen-bond acceptors (Lipinski definition) is 1. The van der Waals surface area contributed by atoms with E-state index < -0.39 is 8.32 Å². The molecule has 1 aromatic rings. The maximum atomic E-state index is 10.8. The van der Waals surface area contributed by atoms with E-state index in [0.29, 0.717) is 0 Å². The zero-order valence-corrected chi connectivity index (χ0v) is 10.5. The minimum atomic E-state index is -2.30. The summed E-state index contributed by atoms with van der Waals surface area (Å²) < 4.78 is 0. The van der Waals surface area contributed by atoms with E-state index in [1.807, 2.05) is 18.2 Å². The van der Waals surface area contributed by atoms with Crippen molar-refractivity contribution in [2.75, 3.05) is 0 Å². The summed E-state index contributed by atoms with van der Waals surface area (Å²) in [4.78, 5) is 10.8. The van der Waals surface area contributed by atoms with Crippen molar-refractivity contribution in [3.05, 3.63) is 30.3 Å². The number of rotatable bonds is 2. The SMILES string of the molecule is CC[Si](O)(c1ccccc1)C(C)(C)C. The van der Waals surface area contributed by atoms with E-state index in [0.717, 1.165) is 11.2 Å². The van der Waals surface area contributed by atoms with Crippen LogP contribution in [-0.2, 0) is 0 Å². The molecule has 1 unspecified atom stereocenters. The molecule has 1 N–H and O–H groups in total. The minimum absolute atomic E-state index is 0.00308. The van der Waals surface area contributed by atoms with E-state index >= 15 is 0 Å². The van der Waals surface area contributed by atoms with Gasteiger partial charge in [0.1, 0.15) is 0 Å². The lowest BCUT2D eigenvalue weighted by atomic mass is 10.2. The van der Waals surface area contributed by atoms with Gasteiger partial charge in [-0.1, -0.05) is 58.0 Å². The molecule has 0 spiro atoms. The molecule has 1 aromatic carbocycles. The van der Waals surface area contributed by atoms with Gasteiger partial charge in [0.05, 0.1) is 0 Å². The van der Waals surface area contributed by atoms with Crippen molar-refractivity contribution in [1.82, 2.24) is 0 Å². The van der Waals surface area contributed by atoms with Crippen LogP contribution in [0.3, 0.4) is 0 Å². The van der Waals surface area contributed by atoms with Crippen molar-refractivity contribution < 1.29 is 4.80 Å². The topological polar surface area (TPSA) is 20.2 Å². The first kappa shape index (κ1) is 11.5. The summed E-state index contributed by atoms with van der Waals surface area (Å²) in [7, 11) is -2.30. The molecule has 2 heteroatoms. The molecular weight excluding hydrogens is 188 g/mol. The van der Waals surface area contributed by atoms with E-state index in [1.165, 1.54) is 0 Å². The van der Waals surface area contributed by atoms with Crippen LogP contribution in [0.2, 0.25) is 11.1 Å². The Morgan fingerprint density at radius 1 is 1.14 bits per heavy atom. The van der Waals surface area contributed by atoms with E-state index in [-0.39, 0.29) is 5.04 Å². The van der Waals surface area contributed by atoms with Crippen LogP contribution in [0.1, 0.15) is 27.7 Å². The maximum Gasteiger partial charge on any atom is 0.225 e. The van der Waals surface area contributed by atoms with Crippen molar-refractivity contribution in [1.29, 1.82) is 0 Å². The zero-order chi connectivity index (χ0) is 10.8. The molecule has 0 radical (unpaired) electrons. The third kappa shape index (κ3) is 1.91. The third-order valence-electron chi connectivity index (χ3n) is 3.00. The second-order valence-corrected chi connectivity index (χ2v) is 9.33. The first-order valence-electron chi connectivity index (χ1n) is 5.19. The second-order valence-electron chi connectivity index (χ2n) is 4.83. The van der Waals surface area contributed by atoms with Crippen LogP contribution in [0.15, 0.2) is 30.3 Å². The van der Waals surface area contributed by atoms with Gasteiger partial charge in [-0.3, -0.25) is 0 Å². The highest BCUT2D eigenvalue weighted by molar-refractivity contribution is 6.87. The van der Waals surface area contributed by atoms with E-state index in [4.69, 9.17) is 0 Å². The van der Waals surface area contributed by atoms with Crippen LogP contribution in [0.25, 0.3) is 0 Å². The van der Waals surface area contributed by atoms with Crippen LogP contribution in [-0.4, -0.2) is 13.1 Å². The van der Waals surface area contributed by atoms with Gasteiger partial charge >= 0.3 is 0 Å². The fourth-order valence-corrected chi connectivity index (χ4v) is 4.96. The highest BCUT2D eigenvalue weighted by Crippen LogP contribution is 2.36. The predicted molar refractivity (Wildman–Crippen MR) is 64.2 cm³/mol. The molecule has 1 nitrogen and oxygen atoms in total. The fraction of sp³-hybridized carbons (Fsp3) is 0.500. The monoisotopic (exact) mass is 208 g/mol. The second kappa shape index (κ2) is 3.87. The molecule has 0 aliphatic carbocycles. The molecule has 0 saturated carbocycles. The molecule has 0 bridgehead atoms. The van der Waals surface area contributed by atoms with Crippen molar-refractivity contribution >= 4 is 13.5 Å². The molecular formula is C12H20OSi. The third-order valence-corrected chi connectivity index (χ3v) is 7.80. The molecule has 0 saturated heterocycles. The van der Waals surface area contributed by atoms with E-state index in [9.17, 15) is 4.80 Å². The van der Waals surface area contributed by atoms with Gasteiger partial charge in [-0.25, -0.2) is 0 Å². The molecule has 0 fully saturated rings. The Labute approximate surface area is 87.9 Å². The molecule has 1 rings (SSSR count). The first-order valence-corrected chi connectivity index (χ1v) is 7.35. The first-order chi connectivity index (χ1) is 6.42. The minimum Gasteiger partial charge on any atom is -0.427 e. The van der Waals surface area contributed by atoms with Crippen LogP contribution in [0, 0.1) is 0 Å². The van der Waals surface area contributed by atoms with E-state index in [1.54, 1.807) is 0 Å². The normalized spacial score (nSPS) is 16.4. The lowest BCUT2D eigenvalue weighted by Gasteiger charge is -2.37. The van der Waals surface area contributed by atoms with Crippen LogP contribution in [0.4, 0.5) is 0 Å². The lowest BCUT2D eigenvalue weighted by molar-refractivity contribution is 0.487. The molecule has 0 aromatic heterocycles. The average Bonchev–Trinajstić information content (AvgIpc) is 2.16. The van der Waals surface area contributed by atoms with Gasteiger partial charge in [-0.05, 0) is 16.3 Å². The number of benzene rings is 1. The van der Waals surface area contributed by atoms with Gasteiger partial charge in [0.2, 0.25) is 8.32 Å². The van der Waals surface area contributed by atoms with E-state index in [2.05, 4.69) is 39.8 Å². The summed E-state index contributed by atoms with van der Waals surface area (Å²) in [6.07, 6.45) is 0. The smallest absolute Gasteiger partial charge is 0.225 e. The Hall–Kier alpha value is -0.603. The van der Waals surface area contributed by atoms with Gasteiger partial charge in [-0.15, -0.1) is 0 Å². The summed E-state index contributed by atoms with van der Waals surface area (Å²) in [6, 6.07) is 11.0. The fourth-order valence-electron chi connectivity index (χ4n) is 1.88. The van der Waals surface area contributed by atoms with Crippen molar-refractivity contribution in [2.45, 2.75) is 38.8 Å². The summed E-state index contributed by atoms with van der Waals surface area (Å²) >= 11 is 0. The Kier molecular flexibility index (Phi) is 3.17. The van der Waals surface area contributed by atoms with Crippen LogP contribution in [0.5, 0.6) is 0 Å². The van der Waals surface area contributed by atoms with Crippen LogP contribution >= 0.6 is 0 Å². The molecule has 0 heterocycles. The number of hydrogen-bond donors (Lipinski definition) is 1. The van der Waals surface area contributed by atoms with Crippen LogP contribution < -0.4 is 5.19 Å². The van der Waals surface area contributed by atoms with Crippen molar-refractivity contribution in [3.8, 4) is 0 Å². The average molecular weight is 208 g/mol. The highest BCUT2D eigenvalue weighted by Gasteiger charge is 2.43. The molecule has 0 aliphatic rings. The Bertz CT molecular complexity index is 289. The highest BCUT2D eigenvalue weighted by atomic mass is 28.4. The quantitative estimate of drug-likeness (QED) is 0.741. The summed E-state index contributed by atoms with van der Waals surface area (Å²) in [6.45, 7) is 8.49. The Morgan fingerprint density at radius 2 is 1.64 bits per heavy atom. The molecule has 0 aliphatic heterocycles. The van der Waals surface area contributed by atoms with Gasteiger partial charge in [0.15, 0.2) is 0 Å².